The second kappa shape index (κ2) is 14.0. The fraction of sp³-hybridized carbons (Fsp3) is 0.636. The molecule has 0 fully saturated rings. The van der Waals surface area contributed by atoms with Crippen LogP contribution in [0.3, 0.4) is 0 Å². The molecule has 13 nitrogen and oxygen atoms in total. The van der Waals surface area contributed by atoms with Gasteiger partial charge in [-0.3, -0.25) is 19.2 Å². The van der Waals surface area contributed by atoms with Crippen LogP contribution in [0.4, 0.5) is 0 Å². The maximum atomic E-state index is 13.0. The normalized spacial score (nSPS) is 15.4. The number of nitrogens with one attached hydrogen (secondary N) is 4. The van der Waals surface area contributed by atoms with Gasteiger partial charge in [-0.25, -0.2) is 9.78 Å². The molecule has 0 aliphatic carbocycles. The summed E-state index contributed by atoms with van der Waals surface area (Å²) in [6.45, 7) is 7.32. The number of carbonyl (C=O) groups excluding carboxylic acids is 3. The van der Waals surface area contributed by atoms with Crippen molar-refractivity contribution in [2.45, 2.75) is 77.5 Å². The molecule has 0 spiro atoms. The van der Waals surface area contributed by atoms with Crippen LogP contribution in [0.5, 0.6) is 0 Å². The van der Waals surface area contributed by atoms with Gasteiger partial charge in [0.05, 0.1) is 18.8 Å². The average Bonchev–Trinajstić information content (AvgIpc) is 3.27. The van der Waals surface area contributed by atoms with E-state index in [2.05, 4.69) is 25.9 Å². The molecule has 5 unspecified atom stereocenters. The van der Waals surface area contributed by atoms with Crippen LogP contribution in [0.25, 0.3) is 0 Å². The van der Waals surface area contributed by atoms with Crippen LogP contribution in [-0.4, -0.2) is 74.0 Å². The Balaban J connectivity index is 3.00. The maximum absolute atomic E-state index is 13.0. The topological polar surface area (TPSA) is 217 Å². The minimum Gasteiger partial charge on any atom is -0.481 e. The molecule has 35 heavy (non-hydrogen) atoms. The van der Waals surface area contributed by atoms with Crippen LogP contribution >= 0.6 is 0 Å². The van der Waals surface area contributed by atoms with Gasteiger partial charge in [0.1, 0.15) is 18.1 Å². The standard InChI is InChI=1S/C22H36N6O7/c1-5-12(4)18(28-19(31)14(23)6-11(2)3)21(33)26-15(8-17(29)30)20(32)27-16(22(34)35)7-13-9-24-10-25-13/h9-12,14-16,18H,5-8,23H2,1-4H3,(H,24,25)(H,26,33)(H,27,32)(H,28,31)(H,29,30)(H,34,35). The van der Waals surface area contributed by atoms with E-state index in [4.69, 9.17) is 5.73 Å². The molecule has 5 atom stereocenters. The summed E-state index contributed by atoms with van der Waals surface area (Å²) in [5.41, 5.74) is 6.35. The molecule has 0 aliphatic rings. The predicted molar refractivity (Wildman–Crippen MR) is 125 cm³/mol. The van der Waals surface area contributed by atoms with Gasteiger partial charge in [-0.05, 0) is 18.3 Å². The van der Waals surface area contributed by atoms with Gasteiger partial charge in [0.15, 0.2) is 0 Å². The lowest BCUT2D eigenvalue weighted by molar-refractivity contribution is -0.143. The molecule has 0 saturated heterocycles. The van der Waals surface area contributed by atoms with Crippen LogP contribution in [0.2, 0.25) is 0 Å². The number of aromatic nitrogens is 2. The quantitative estimate of drug-likeness (QED) is 0.164. The van der Waals surface area contributed by atoms with Gasteiger partial charge in [-0.15, -0.1) is 0 Å². The summed E-state index contributed by atoms with van der Waals surface area (Å²) in [6.07, 6.45) is 2.72. The number of nitrogens with zero attached hydrogens (tertiary/aromatic N) is 1. The smallest absolute Gasteiger partial charge is 0.326 e. The van der Waals surface area contributed by atoms with Crippen molar-refractivity contribution < 1.29 is 34.2 Å². The van der Waals surface area contributed by atoms with E-state index in [-0.39, 0.29) is 18.3 Å². The Morgan fingerprint density at radius 3 is 2.11 bits per heavy atom. The first-order valence-electron chi connectivity index (χ1n) is 11.4. The van der Waals surface area contributed by atoms with E-state index >= 15 is 0 Å². The molecule has 13 heteroatoms. The number of aromatic amines is 1. The third kappa shape index (κ3) is 10.1. The van der Waals surface area contributed by atoms with Gasteiger partial charge in [0.25, 0.3) is 0 Å². The summed E-state index contributed by atoms with van der Waals surface area (Å²) in [5.74, 6) is -5.23. The Hall–Kier alpha value is -3.48. The molecule has 8 N–H and O–H groups in total. The Morgan fingerprint density at radius 1 is 1.00 bits per heavy atom. The largest absolute Gasteiger partial charge is 0.481 e. The van der Waals surface area contributed by atoms with Crippen molar-refractivity contribution in [1.82, 2.24) is 25.9 Å². The minimum atomic E-state index is -1.57. The van der Waals surface area contributed by atoms with Crippen LogP contribution < -0.4 is 21.7 Å². The predicted octanol–water partition coefficient (Wildman–Crippen LogP) is -0.615. The number of rotatable bonds is 15. The monoisotopic (exact) mass is 496 g/mol. The van der Waals surface area contributed by atoms with E-state index in [0.717, 1.165) is 0 Å². The van der Waals surface area contributed by atoms with Gasteiger partial charge in [0, 0.05) is 18.3 Å². The van der Waals surface area contributed by atoms with E-state index in [9.17, 15) is 34.2 Å². The molecule has 1 aromatic rings. The molecule has 1 aromatic heterocycles. The van der Waals surface area contributed by atoms with Crippen molar-refractivity contribution in [1.29, 1.82) is 0 Å². The highest BCUT2D eigenvalue weighted by atomic mass is 16.4. The number of nitrogens with two attached hydrogens (primary N) is 1. The molecule has 0 aromatic carbocycles. The number of carboxylic acid groups (broad SMARTS) is 2. The molecule has 196 valence electrons. The van der Waals surface area contributed by atoms with Crippen LogP contribution in [0, 0.1) is 11.8 Å². The van der Waals surface area contributed by atoms with Crippen molar-refractivity contribution in [3.63, 3.8) is 0 Å². The summed E-state index contributed by atoms with van der Waals surface area (Å²) in [4.78, 5) is 67.8. The van der Waals surface area contributed by atoms with E-state index in [1.807, 2.05) is 13.8 Å². The summed E-state index contributed by atoms with van der Waals surface area (Å²) < 4.78 is 0. The number of carboxylic acids is 2. The number of hydrogen-bond acceptors (Lipinski definition) is 7. The van der Waals surface area contributed by atoms with Gasteiger partial charge < -0.3 is 36.9 Å². The molecule has 0 saturated carbocycles. The van der Waals surface area contributed by atoms with Gasteiger partial charge >= 0.3 is 11.9 Å². The third-order valence-electron chi connectivity index (χ3n) is 5.46. The number of carbonyl (C=O) groups is 5. The highest BCUT2D eigenvalue weighted by molar-refractivity contribution is 5.95. The first-order chi connectivity index (χ1) is 16.3. The molecule has 0 bridgehead atoms. The lowest BCUT2D eigenvalue weighted by atomic mass is 9.96. The van der Waals surface area contributed by atoms with Crippen molar-refractivity contribution in [2.24, 2.45) is 17.6 Å². The third-order valence-corrected chi connectivity index (χ3v) is 5.46. The van der Waals surface area contributed by atoms with Crippen LogP contribution in [0.1, 0.15) is 52.7 Å². The average molecular weight is 497 g/mol. The highest BCUT2D eigenvalue weighted by Crippen LogP contribution is 2.11. The lowest BCUT2D eigenvalue weighted by Crippen LogP contribution is -2.59. The van der Waals surface area contributed by atoms with Gasteiger partial charge in [0.2, 0.25) is 17.7 Å². The summed E-state index contributed by atoms with van der Waals surface area (Å²) in [5, 5.41) is 25.9. The Kier molecular flexibility index (Phi) is 11.9. The fourth-order valence-corrected chi connectivity index (χ4v) is 3.31. The zero-order chi connectivity index (χ0) is 26.7. The second-order valence-electron chi connectivity index (χ2n) is 8.95. The number of amides is 3. The van der Waals surface area contributed by atoms with Crippen molar-refractivity contribution in [3.8, 4) is 0 Å². The first-order valence-corrected chi connectivity index (χ1v) is 11.4. The molecule has 0 radical (unpaired) electrons. The molecular formula is C22H36N6O7. The number of H-pyrrole nitrogens is 1. The van der Waals surface area contributed by atoms with E-state index in [0.29, 0.717) is 18.5 Å². The summed E-state index contributed by atoms with van der Waals surface area (Å²) >= 11 is 0. The van der Waals surface area contributed by atoms with Gasteiger partial charge in [-0.1, -0.05) is 34.1 Å². The minimum absolute atomic E-state index is 0.131. The zero-order valence-electron chi connectivity index (χ0n) is 20.4. The van der Waals surface area contributed by atoms with Crippen molar-refractivity contribution >= 4 is 29.7 Å². The lowest BCUT2D eigenvalue weighted by Gasteiger charge is -2.27. The molecule has 1 heterocycles. The summed E-state index contributed by atoms with van der Waals surface area (Å²) in [6, 6.07) is -4.88. The Bertz CT molecular complexity index is 874. The Morgan fingerprint density at radius 2 is 1.63 bits per heavy atom. The van der Waals surface area contributed by atoms with E-state index in [1.54, 1.807) is 13.8 Å². The van der Waals surface area contributed by atoms with E-state index < -0.39 is 60.2 Å². The van der Waals surface area contributed by atoms with Crippen molar-refractivity contribution in [2.75, 3.05) is 0 Å². The fourth-order valence-electron chi connectivity index (χ4n) is 3.31. The van der Waals surface area contributed by atoms with Crippen LogP contribution in [-0.2, 0) is 30.4 Å². The van der Waals surface area contributed by atoms with Gasteiger partial charge in [-0.2, -0.15) is 0 Å². The zero-order valence-corrected chi connectivity index (χ0v) is 20.4. The molecule has 3 amide bonds. The number of hydrogen-bond donors (Lipinski definition) is 7. The highest BCUT2D eigenvalue weighted by Gasteiger charge is 2.33. The number of imidazole rings is 1. The summed E-state index contributed by atoms with van der Waals surface area (Å²) in [7, 11) is 0. The molecular weight excluding hydrogens is 460 g/mol. The molecule has 0 aliphatic heterocycles. The second-order valence-corrected chi connectivity index (χ2v) is 8.95. The van der Waals surface area contributed by atoms with E-state index in [1.165, 1.54) is 12.5 Å². The number of aliphatic carboxylic acids is 2. The first kappa shape index (κ1) is 29.6. The van der Waals surface area contributed by atoms with Crippen LogP contribution in [0.15, 0.2) is 12.5 Å². The Labute approximate surface area is 203 Å². The maximum Gasteiger partial charge on any atom is 0.326 e. The molecule has 1 rings (SSSR count). The SMILES string of the molecule is CCC(C)C(NC(=O)C(N)CC(C)C)C(=O)NC(CC(=O)O)C(=O)NC(Cc1cnc[nH]1)C(=O)O. The van der Waals surface area contributed by atoms with Crippen molar-refractivity contribution in [3.05, 3.63) is 18.2 Å².